The van der Waals surface area contributed by atoms with E-state index in [4.69, 9.17) is 0 Å². The Hall–Kier alpha value is -3.07. The zero-order valence-electron chi connectivity index (χ0n) is 15.3. The van der Waals surface area contributed by atoms with Crippen molar-refractivity contribution in [3.05, 3.63) is 89.5 Å². The lowest BCUT2D eigenvalue weighted by atomic mass is 9.96. The quantitative estimate of drug-likeness (QED) is 0.667. The van der Waals surface area contributed by atoms with Crippen LogP contribution in [0.15, 0.2) is 72.8 Å². The number of aryl methyl sites for hydroxylation is 1. The van der Waals surface area contributed by atoms with Crippen molar-refractivity contribution in [2.75, 3.05) is 5.32 Å². The van der Waals surface area contributed by atoms with Gasteiger partial charge in [-0.05, 0) is 46.9 Å². The van der Waals surface area contributed by atoms with E-state index in [1.165, 1.54) is 29.2 Å². The van der Waals surface area contributed by atoms with Gasteiger partial charge in [0, 0.05) is 25.7 Å². The van der Waals surface area contributed by atoms with Crippen molar-refractivity contribution < 1.29 is 4.79 Å². The maximum absolute atomic E-state index is 11.0. The average Bonchev–Trinajstić information content (AvgIpc) is 2.66. The van der Waals surface area contributed by atoms with Gasteiger partial charge in [-0.15, -0.1) is 0 Å². The lowest BCUT2D eigenvalue weighted by Gasteiger charge is -2.14. The first-order valence-corrected chi connectivity index (χ1v) is 8.84. The van der Waals surface area contributed by atoms with Crippen LogP contribution in [0.25, 0.3) is 11.1 Å². The third kappa shape index (κ3) is 4.51. The van der Waals surface area contributed by atoms with Crippen LogP contribution in [0.2, 0.25) is 0 Å². The summed E-state index contributed by atoms with van der Waals surface area (Å²) in [6, 6.07) is 25.1. The van der Waals surface area contributed by atoms with Gasteiger partial charge in [-0.1, -0.05) is 60.7 Å². The molecule has 132 valence electrons. The summed E-state index contributed by atoms with van der Waals surface area (Å²) >= 11 is 0. The Morgan fingerprint density at radius 3 is 2.15 bits per heavy atom. The normalized spacial score (nSPS) is 10.4. The zero-order chi connectivity index (χ0) is 18.4. The second kappa shape index (κ2) is 8.34. The first-order chi connectivity index (χ1) is 12.6. The number of carbonyl (C=O) groups excluding carboxylic acids is 1. The molecule has 0 spiro atoms. The molecule has 3 heteroatoms. The second-order valence-corrected chi connectivity index (χ2v) is 6.43. The van der Waals surface area contributed by atoms with Gasteiger partial charge in [-0.2, -0.15) is 0 Å². The second-order valence-electron chi connectivity index (χ2n) is 6.43. The highest BCUT2D eigenvalue weighted by atomic mass is 16.1. The van der Waals surface area contributed by atoms with Crippen LogP contribution < -0.4 is 10.6 Å². The molecule has 0 aliphatic rings. The fourth-order valence-electron chi connectivity index (χ4n) is 2.98. The van der Waals surface area contributed by atoms with E-state index in [2.05, 4.69) is 66.1 Å². The molecule has 2 N–H and O–H groups in total. The number of hydrogen-bond donors (Lipinski definition) is 2. The average molecular weight is 344 g/mol. The summed E-state index contributed by atoms with van der Waals surface area (Å²) in [4.78, 5) is 11.0. The molecule has 3 aromatic rings. The molecule has 26 heavy (non-hydrogen) atoms. The SMILES string of the molecule is CC(=O)NCc1ccc(NCc2ccccc2-c2ccccc2C)cc1. The summed E-state index contributed by atoms with van der Waals surface area (Å²) in [5.74, 6) is -0.0139. The minimum atomic E-state index is -0.0139. The first kappa shape index (κ1) is 17.7. The molecule has 0 aliphatic carbocycles. The molecule has 0 atom stereocenters. The smallest absolute Gasteiger partial charge is 0.217 e. The highest BCUT2D eigenvalue weighted by molar-refractivity contribution is 5.73. The van der Waals surface area contributed by atoms with Gasteiger partial charge in [0.2, 0.25) is 5.91 Å². The van der Waals surface area contributed by atoms with Crippen LogP contribution >= 0.6 is 0 Å². The number of benzene rings is 3. The summed E-state index contributed by atoms with van der Waals surface area (Å²) in [5.41, 5.74) is 7.24. The van der Waals surface area contributed by atoms with Crippen molar-refractivity contribution >= 4 is 11.6 Å². The van der Waals surface area contributed by atoms with Crippen LogP contribution in [0, 0.1) is 6.92 Å². The van der Waals surface area contributed by atoms with Gasteiger partial charge < -0.3 is 10.6 Å². The maximum atomic E-state index is 11.0. The third-order valence-corrected chi connectivity index (χ3v) is 4.43. The van der Waals surface area contributed by atoms with E-state index in [-0.39, 0.29) is 5.91 Å². The molecule has 3 rings (SSSR count). The molecular weight excluding hydrogens is 320 g/mol. The standard InChI is InChI=1S/C23H24N2O/c1-17-7-3-5-9-22(17)23-10-6-4-8-20(23)16-25-21-13-11-19(12-14-21)15-24-18(2)26/h3-14,25H,15-16H2,1-2H3,(H,24,26). The monoisotopic (exact) mass is 344 g/mol. The van der Waals surface area contributed by atoms with Crippen LogP contribution in [-0.4, -0.2) is 5.91 Å². The molecule has 0 saturated carbocycles. The van der Waals surface area contributed by atoms with Gasteiger partial charge in [-0.25, -0.2) is 0 Å². The summed E-state index contributed by atoms with van der Waals surface area (Å²) in [5, 5.41) is 6.31. The van der Waals surface area contributed by atoms with E-state index >= 15 is 0 Å². The highest BCUT2D eigenvalue weighted by Gasteiger charge is 2.06. The molecule has 0 heterocycles. The Balaban J connectivity index is 1.71. The minimum absolute atomic E-state index is 0.0139. The predicted molar refractivity (Wildman–Crippen MR) is 108 cm³/mol. The summed E-state index contributed by atoms with van der Waals surface area (Å²) in [6.45, 7) is 5.00. The number of amides is 1. The van der Waals surface area contributed by atoms with Crippen LogP contribution in [0.5, 0.6) is 0 Å². The molecule has 1 amide bonds. The van der Waals surface area contributed by atoms with E-state index in [1.54, 1.807) is 0 Å². The van der Waals surface area contributed by atoms with E-state index in [0.717, 1.165) is 17.8 Å². The topological polar surface area (TPSA) is 41.1 Å². The zero-order valence-corrected chi connectivity index (χ0v) is 15.3. The van der Waals surface area contributed by atoms with Crippen LogP contribution in [-0.2, 0) is 17.9 Å². The number of rotatable bonds is 6. The van der Waals surface area contributed by atoms with E-state index in [1.807, 2.05) is 24.3 Å². The van der Waals surface area contributed by atoms with Crippen molar-refractivity contribution in [1.29, 1.82) is 0 Å². The Morgan fingerprint density at radius 1 is 0.808 bits per heavy atom. The number of hydrogen-bond acceptors (Lipinski definition) is 2. The molecule has 3 nitrogen and oxygen atoms in total. The van der Waals surface area contributed by atoms with Crippen molar-refractivity contribution in [3.63, 3.8) is 0 Å². The fourth-order valence-corrected chi connectivity index (χ4v) is 2.98. The van der Waals surface area contributed by atoms with Crippen LogP contribution in [0.1, 0.15) is 23.6 Å². The summed E-state index contributed by atoms with van der Waals surface area (Å²) in [7, 11) is 0. The molecule has 0 unspecified atom stereocenters. The molecule has 0 aliphatic heterocycles. The van der Waals surface area contributed by atoms with Crippen LogP contribution in [0.3, 0.4) is 0 Å². The molecule has 0 radical (unpaired) electrons. The van der Waals surface area contributed by atoms with Gasteiger partial charge in [0.1, 0.15) is 0 Å². The van der Waals surface area contributed by atoms with Gasteiger partial charge in [0.05, 0.1) is 0 Å². The van der Waals surface area contributed by atoms with Gasteiger partial charge in [0.15, 0.2) is 0 Å². The molecular formula is C23H24N2O. The Labute approximate surface area is 155 Å². The number of carbonyl (C=O) groups is 1. The molecule has 0 saturated heterocycles. The van der Waals surface area contributed by atoms with E-state index in [0.29, 0.717) is 6.54 Å². The maximum Gasteiger partial charge on any atom is 0.217 e. The Bertz CT molecular complexity index is 885. The van der Waals surface area contributed by atoms with Crippen LogP contribution in [0.4, 0.5) is 5.69 Å². The summed E-state index contributed by atoms with van der Waals surface area (Å²) in [6.07, 6.45) is 0. The summed E-state index contributed by atoms with van der Waals surface area (Å²) < 4.78 is 0. The Morgan fingerprint density at radius 2 is 1.46 bits per heavy atom. The lowest BCUT2D eigenvalue weighted by Crippen LogP contribution is -2.18. The van der Waals surface area contributed by atoms with Crippen molar-refractivity contribution in [2.24, 2.45) is 0 Å². The largest absolute Gasteiger partial charge is 0.381 e. The fraction of sp³-hybridized carbons (Fsp3) is 0.174. The molecule has 0 bridgehead atoms. The molecule has 0 aromatic heterocycles. The van der Waals surface area contributed by atoms with Gasteiger partial charge in [0.25, 0.3) is 0 Å². The van der Waals surface area contributed by atoms with E-state index < -0.39 is 0 Å². The minimum Gasteiger partial charge on any atom is -0.381 e. The first-order valence-electron chi connectivity index (χ1n) is 8.84. The highest BCUT2D eigenvalue weighted by Crippen LogP contribution is 2.27. The molecule has 3 aromatic carbocycles. The van der Waals surface area contributed by atoms with Gasteiger partial charge in [-0.3, -0.25) is 4.79 Å². The van der Waals surface area contributed by atoms with Gasteiger partial charge >= 0.3 is 0 Å². The lowest BCUT2D eigenvalue weighted by molar-refractivity contribution is -0.119. The van der Waals surface area contributed by atoms with Crippen molar-refractivity contribution in [1.82, 2.24) is 5.32 Å². The number of anilines is 1. The molecule has 0 fully saturated rings. The number of nitrogens with one attached hydrogen (secondary N) is 2. The van der Waals surface area contributed by atoms with Crippen molar-refractivity contribution in [3.8, 4) is 11.1 Å². The Kier molecular flexibility index (Phi) is 5.69. The van der Waals surface area contributed by atoms with E-state index in [9.17, 15) is 4.79 Å². The van der Waals surface area contributed by atoms with Crippen molar-refractivity contribution in [2.45, 2.75) is 26.9 Å². The predicted octanol–water partition coefficient (Wildman–Crippen LogP) is 4.91. The third-order valence-electron chi connectivity index (χ3n) is 4.43.